The van der Waals surface area contributed by atoms with Crippen LogP contribution in [0.3, 0.4) is 0 Å². The van der Waals surface area contributed by atoms with Crippen LogP contribution in [0, 0.1) is 5.92 Å². The quantitative estimate of drug-likeness (QED) is 0.858. The summed E-state index contributed by atoms with van der Waals surface area (Å²) in [6.07, 6.45) is 0.819. The minimum atomic E-state index is -0.990. The van der Waals surface area contributed by atoms with Crippen LogP contribution in [0.15, 0.2) is 28.7 Å². The molecule has 2 rings (SSSR count). The van der Waals surface area contributed by atoms with Crippen LogP contribution in [-0.2, 0) is 14.3 Å². The lowest BCUT2D eigenvalue weighted by molar-refractivity contribution is -0.149. The fourth-order valence-electron chi connectivity index (χ4n) is 2.30. The van der Waals surface area contributed by atoms with Gasteiger partial charge < -0.3 is 10.1 Å². The molecule has 0 heterocycles. The van der Waals surface area contributed by atoms with Gasteiger partial charge in [0.05, 0.1) is 7.11 Å². The molecule has 1 aliphatic carbocycles. The van der Waals surface area contributed by atoms with Gasteiger partial charge in [0.2, 0.25) is 5.91 Å². The molecule has 5 heteroatoms. The number of carbonyl (C=O) groups excluding carboxylic acids is 2. The monoisotopic (exact) mass is 339 g/mol. The van der Waals surface area contributed by atoms with Crippen LogP contribution < -0.4 is 5.32 Å². The van der Waals surface area contributed by atoms with E-state index in [0.717, 1.165) is 16.5 Å². The van der Waals surface area contributed by atoms with Gasteiger partial charge in [-0.2, -0.15) is 0 Å². The fraction of sp³-hybridized carbons (Fsp3) is 0.467. The van der Waals surface area contributed by atoms with E-state index in [4.69, 9.17) is 0 Å². The zero-order valence-corrected chi connectivity index (χ0v) is 13.4. The molecule has 1 N–H and O–H groups in total. The summed E-state index contributed by atoms with van der Waals surface area (Å²) in [5, 5.41) is 2.76. The molecular weight excluding hydrogens is 322 g/mol. The first-order chi connectivity index (χ1) is 9.35. The van der Waals surface area contributed by atoms with Crippen molar-refractivity contribution < 1.29 is 14.3 Å². The summed E-state index contributed by atoms with van der Waals surface area (Å²) in [6.45, 7) is 3.29. The Hall–Kier alpha value is -1.36. The number of hydrogen-bond donors (Lipinski definition) is 1. The van der Waals surface area contributed by atoms with Gasteiger partial charge in [0.15, 0.2) is 0 Å². The van der Waals surface area contributed by atoms with Crippen LogP contribution >= 0.6 is 15.9 Å². The molecule has 0 radical (unpaired) electrons. The van der Waals surface area contributed by atoms with E-state index >= 15 is 0 Å². The standard InChI is InChI=1S/C15H18BrNO3/c1-15(2,14(19)20-3)17-13(18)12-8-11(12)9-5-4-6-10(16)7-9/h4-7,11-12H,8H2,1-3H3,(H,17,18)/t11-,12+/m0/s1. The summed E-state index contributed by atoms with van der Waals surface area (Å²) in [4.78, 5) is 23.7. The first-order valence-corrected chi connectivity index (χ1v) is 7.30. The van der Waals surface area contributed by atoms with Gasteiger partial charge in [-0.05, 0) is 43.9 Å². The van der Waals surface area contributed by atoms with Crippen LogP contribution in [0.4, 0.5) is 0 Å². The van der Waals surface area contributed by atoms with E-state index in [1.54, 1.807) is 13.8 Å². The van der Waals surface area contributed by atoms with E-state index in [1.165, 1.54) is 7.11 Å². The number of esters is 1. The van der Waals surface area contributed by atoms with Gasteiger partial charge in [-0.15, -0.1) is 0 Å². The number of methoxy groups -OCH3 is 1. The third-order valence-electron chi connectivity index (χ3n) is 3.54. The number of carbonyl (C=O) groups is 2. The number of ether oxygens (including phenoxy) is 1. The van der Waals surface area contributed by atoms with Crippen LogP contribution in [0.1, 0.15) is 31.7 Å². The lowest BCUT2D eigenvalue weighted by Crippen LogP contribution is -2.51. The van der Waals surface area contributed by atoms with E-state index in [0.29, 0.717) is 0 Å². The Morgan fingerprint density at radius 1 is 1.40 bits per heavy atom. The second-order valence-electron chi connectivity index (χ2n) is 5.61. The summed E-state index contributed by atoms with van der Waals surface area (Å²) in [5.41, 5.74) is 0.159. The average molecular weight is 340 g/mol. The molecule has 0 bridgehead atoms. The molecule has 20 heavy (non-hydrogen) atoms. The summed E-state index contributed by atoms with van der Waals surface area (Å²) in [5.74, 6) is -0.356. The van der Waals surface area contributed by atoms with E-state index in [9.17, 15) is 9.59 Å². The van der Waals surface area contributed by atoms with Crippen molar-refractivity contribution in [2.45, 2.75) is 31.7 Å². The molecule has 0 spiro atoms. The third-order valence-corrected chi connectivity index (χ3v) is 4.03. The molecule has 1 saturated carbocycles. The highest BCUT2D eigenvalue weighted by atomic mass is 79.9. The highest BCUT2D eigenvalue weighted by Gasteiger charge is 2.46. The van der Waals surface area contributed by atoms with Crippen molar-refractivity contribution in [2.75, 3.05) is 7.11 Å². The van der Waals surface area contributed by atoms with E-state index in [2.05, 4.69) is 26.0 Å². The summed E-state index contributed by atoms with van der Waals surface area (Å²) in [7, 11) is 1.32. The van der Waals surface area contributed by atoms with Crippen molar-refractivity contribution in [3.05, 3.63) is 34.3 Å². The number of rotatable bonds is 4. The Balaban J connectivity index is 1.98. The first-order valence-electron chi connectivity index (χ1n) is 6.51. The van der Waals surface area contributed by atoms with Gasteiger partial charge in [-0.25, -0.2) is 4.79 Å². The van der Waals surface area contributed by atoms with Gasteiger partial charge >= 0.3 is 5.97 Å². The molecule has 108 valence electrons. The number of hydrogen-bond acceptors (Lipinski definition) is 3. The number of nitrogens with one attached hydrogen (secondary N) is 1. The molecule has 4 nitrogen and oxygen atoms in total. The van der Waals surface area contributed by atoms with Crippen LogP contribution in [0.25, 0.3) is 0 Å². The first kappa shape index (κ1) is 15.0. The van der Waals surface area contributed by atoms with Gasteiger partial charge in [0.25, 0.3) is 0 Å². The molecule has 2 atom stereocenters. The normalized spacial score (nSPS) is 21.2. The molecule has 1 amide bonds. The van der Waals surface area contributed by atoms with Crippen molar-refractivity contribution in [2.24, 2.45) is 5.92 Å². The number of amides is 1. The van der Waals surface area contributed by atoms with Crippen LogP contribution in [-0.4, -0.2) is 24.5 Å². The maximum absolute atomic E-state index is 12.2. The lowest BCUT2D eigenvalue weighted by atomic mass is 10.0. The Bertz CT molecular complexity index is 542. The fourth-order valence-corrected chi connectivity index (χ4v) is 2.71. The smallest absolute Gasteiger partial charge is 0.330 e. The van der Waals surface area contributed by atoms with Crippen molar-refractivity contribution in [3.63, 3.8) is 0 Å². The molecule has 1 aromatic rings. The molecule has 1 aliphatic rings. The Morgan fingerprint density at radius 2 is 2.10 bits per heavy atom. The Kier molecular flexibility index (Phi) is 4.18. The molecule has 1 fully saturated rings. The van der Waals surface area contributed by atoms with Crippen molar-refractivity contribution in [1.29, 1.82) is 0 Å². The molecule has 1 aromatic carbocycles. The molecular formula is C15H18BrNO3. The summed E-state index contributed by atoms with van der Waals surface area (Å²) < 4.78 is 5.69. The largest absolute Gasteiger partial charge is 0.467 e. The lowest BCUT2D eigenvalue weighted by Gasteiger charge is -2.23. The van der Waals surface area contributed by atoms with Crippen LogP contribution in [0.5, 0.6) is 0 Å². The molecule has 0 unspecified atom stereocenters. The molecule has 0 aliphatic heterocycles. The highest BCUT2D eigenvalue weighted by molar-refractivity contribution is 9.10. The van der Waals surface area contributed by atoms with Gasteiger partial charge in [0.1, 0.15) is 5.54 Å². The van der Waals surface area contributed by atoms with Crippen molar-refractivity contribution >= 4 is 27.8 Å². The molecule has 0 aromatic heterocycles. The van der Waals surface area contributed by atoms with Gasteiger partial charge in [0, 0.05) is 10.4 Å². The van der Waals surface area contributed by atoms with Crippen molar-refractivity contribution in [1.82, 2.24) is 5.32 Å². The second-order valence-corrected chi connectivity index (χ2v) is 6.53. The summed E-state index contributed by atoms with van der Waals surface area (Å²) >= 11 is 3.43. The van der Waals surface area contributed by atoms with Crippen LogP contribution in [0.2, 0.25) is 0 Å². The Labute approximate surface area is 127 Å². The molecule has 0 saturated heterocycles. The maximum atomic E-state index is 12.2. The predicted octanol–water partition coefficient (Wildman–Crippen LogP) is 2.62. The zero-order valence-electron chi connectivity index (χ0n) is 11.8. The van der Waals surface area contributed by atoms with Gasteiger partial charge in [-0.3, -0.25) is 4.79 Å². The van der Waals surface area contributed by atoms with E-state index < -0.39 is 11.5 Å². The number of benzene rings is 1. The minimum Gasteiger partial charge on any atom is -0.467 e. The van der Waals surface area contributed by atoms with Gasteiger partial charge in [-0.1, -0.05) is 28.1 Å². The minimum absolute atomic E-state index is 0.0618. The SMILES string of the molecule is COC(=O)C(C)(C)NC(=O)[C@@H]1C[C@H]1c1cccc(Br)c1. The topological polar surface area (TPSA) is 55.4 Å². The highest BCUT2D eigenvalue weighted by Crippen LogP contribution is 2.48. The predicted molar refractivity (Wildman–Crippen MR) is 79.2 cm³/mol. The van der Waals surface area contributed by atoms with Crippen molar-refractivity contribution in [3.8, 4) is 0 Å². The average Bonchev–Trinajstić information content (AvgIpc) is 3.17. The third kappa shape index (κ3) is 3.20. The summed E-state index contributed by atoms with van der Waals surface area (Å²) in [6, 6.07) is 7.98. The maximum Gasteiger partial charge on any atom is 0.330 e. The Morgan fingerprint density at radius 3 is 2.70 bits per heavy atom. The zero-order chi connectivity index (χ0) is 14.9. The second kappa shape index (κ2) is 5.56. The van der Waals surface area contributed by atoms with E-state index in [-0.39, 0.29) is 17.7 Å². The van der Waals surface area contributed by atoms with E-state index in [1.807, 2.05) is 24.3 Å². The number of halogens is 1.